The van der Waals surface area contributed by atoms with Gasteiger partial charge in [-0.05, 0) is 37.2 Å². The Balaban J connectivity index is 1.94. The van der Waals surface area contributed by atoms with Gasteiger partial charge in [0.15, 0.2) is 5.11 Å². The Morgan fingerprint density at radius 1 is 1.38 bits per heavy atom. The zero-order chi connectivity index (χ0) is 14.7. The molecule has 21 heavy (non-hydrogen) atoms. The lowest BCUT2D eigenvalue weighted by Gasteiger charge is -2.44. The van der Waals surface area contributed by atoms with Gasteiger partial charge in [0.1, 0.15) is 0 Å². The van der Waals surface area contributed by atoms with Crippen molar-refractivity contribution in [1.29, 1.82) is 0 Å². The molecule has 1 N–H and O–H groups in total. The number of thiocarbonyl (C=S) groups is 1. The van der Waals surface area contributed by atoms with E-state index in [1.165, 1.54) is 32.1 Å². The van der Waals surface area contributed by atoms with E-state index in [-0.39, 0.29) is 11.6 Å². The molecule has 0 bridgehead atoms. The van der Waals surface area contributed by atoms with Crippen LogP contribution in [0.25, 0.3) is 0 Å². The minimum Gasteiger partial charge on any atom is -0.383 e. The third-order valence-corrected chi connectivity index (χ3v) is 5.15. The molecule has 1 aliphatic heterocycles. The van der Waals surface area contributed by atoms with E-state index in [9.17, 15) is 0 Å². The second-order valence-corrected chi connectivity index (χ2v) is 6.33. The second kappa shape index (κ2) is 6.28. The first kappa shape index (κ1) is 14.7. The fraction of sp³-hybridized carbons (Fsp3) is 0.625. The van der Waals surface area contributed by atoms with Crippen LogP contribution in [0.4, 0.5) is 0 Å². The monoisotopic (exact) mass is 305 g/mol. The maximum absolute atomic E-state index is 5.62. The molecule has 0 radical (unpaired) electrons. The Labute approximate surface area is 131 Å². The summed E-state index contributed by atoms with van der Waals surface area (Å²) in [6.45, 7) is 1.56. The molecule has 1 aliphatic carbocycles. The van der Waals surface area contributed by atoms with E-state index in [1.807, 2.05) is 12.3 Å². The molecule has 114 valence electrons. The highest BCUT2D eigenvalue weighted by molar-refractivity contribution is 7.80. The molecule has 0 aromatic carbocycles. The highest BCUT2D eigenvalue weighted by atomic mass is 32.1. The van der Waals surface area contributed by atoms with Crippen LogP contribution >= 0.6 is 12.2 Å². The first-order valence-electron chi connectivity index (χ1n) is 7.76. The third-order valence-electron chi connectivity index (χ3n) is 4.81. The molecule has 5 heteroatoms. The minimum atomic E-state index is 0.0716. The second-order valence-electron chi connectivity index (χ2n) is 5.95. The zero-order valence-electron chi connectivity index (χ0n) is 12.5. The summed E-state index contributed by atoms with van der Waals surface area (Å²) in [5.41, 5.74) is 1.17. The van der Waals surface area contributed by atoms with Crippen LogP contribution in [0.2, 0.25) is 0 Å². The lowest BCUT2D eigenvalue weighted by Crippen LogP contribution is -2.50. The standard InChI is InChI=1S/C16H23N3OS/c1-20-12-11-19-15(21)18-14(13-7-3-6-10-17-13)16(19)8-4-2-5-9-16/h3,6-7,10,14H,2,4-5,8-9,11-12H2,1H3,(H,18,21). The minimum absolute atomic E-state index is 0.0716. The molecule has 1 saturated heterocycles. The van der Waals surface area contributed by atoms with Gasteiger partial charge in [-0.15, -0.1) is 0 Å². The summed E-state index contributed by atoms with van der Waals surface area (Å²) in [5.74, 6) is 0. The van der Waals surface area contributed by atoms with Crippen molar-refractivity contribution in [3.63, 3.8) is 0 Å². The van der Waals surface area contributed by atoms with E-state index in [2.05, 4.69) is 27.3 Å². The molecule has 1 spiro atoms. The first-order chi connectivity index (χ1) is 10.3. The largest absolute Gasteiger partial charge is 0.383 e. The van der Waals surface area contributed by atoms with Crippen molar-refractivity contribution >= 4 is 17.3 Å². The lowest BCUT2D eigenvalue weighted by molar-refractivity contribution is 0.0831. The number of pyridine rings is 1. The molecule has 4 nitrogen and oxygen atoms in total. The van der Waals surface area contributed by atoms with Gasteiger partial charge in [0.25, 0.3) is 0 Å². The Bertz CT molecular complexity index is 488. The number of rotatable bonds is 4. The van der Waals surface area contributed by atoms with Gasteiger partial charge in [-0.2, -0.15) is 0 Å². The average Bonchev–Trinajstić information content (AvgIpc) is 2.79. The highest BCUT2D eigenvalue weighted by Gasteiger charge is 2.51. The highest BCUT2D eigenvalue weighted by Crippen LogP contribution is 2.46. The lowest BCUT2D eigenvalue weighted by atomic mass is 9.75. The normalized spacial score (nSPS) is 24.3. The van der Waals surface area contributed by atoms with Gasteiger partial charge in [-0.25, -0.2) is 0 Å². The van der Waals surface area contributed by atoms with Crippen LogP contribution in [0.15, 0.2) is 24.4 Å². The molecular formula is C16H23N3OS. The summed E-state index contributed by atoms with van der Waals surface area (Å²) in [4.78, 5) is 6.94. The Hall–Kier alpha value is -1.20. The topological polar surface area (TPSA) is 37.4 Å². The number of aromatic nitrogens is 1. The molecule has 1 aromatic rings. The van der Waals surface area contributed by atoms with E-state index in [4.69, 9.17) is 17.0 Å². The number of ether oxygens (including phenoxy) is 1. The number of methoxy groups -OCH3 is 1. The number of hydrogen-bond donors (Lipinski definition) is 1. The van der Waals surface area contributed by atoms with Gasteiger partial charge in [0.05, 0.1) is 23.9 Å². The first-order valence-corrected chi connectivity index (χ1v) is 8.17. The molecular weight excluding hydrogens is 282 g/mol. The summed E-state index contributed by atoms with van der Waals surface area (Å²) < 4.78 is 5.28. The molecule has 2 fully saturated rings. The van der Waals surface area contributed by atoms with Crippen molar-refractivity contribution in [3.8, 4) is 0 Å². The SMILES string of the molecule is COCCN1C(=S)NC(c2ccccn2)C12CCCCC2. The summed E-state index contributed by atoms with van der Waals surface area (Å²) in [6.07, 6.45) is 8.06. The quantitative estimate of drug-likeness (QED) is 0.866. The van der Waals surface area contributed by atoms with E-state index in [0.717, 1.165) is 17.4 Å². The maximum atomic E-state index is 5.62. The fourth-order valence-electron chi connectivity index (χ4n) is 3.82. The van der Waals surface area contributed by atoms with Crippen LogP contribution < -0.4 is 5.32 Å². The molecule has 1 saturated carbocycles. The fourth-order valence-corrected chi connectivity index (χ4v) is 4.21. The van der Waals surface area contributed by atoms with Crippen LogP contribution in [0, 0.1) is 0 Å². The third kappa shape index (κ3) is 2.64. The van der Waals surface area contributed by atoms with Crippen molar-refractivity contribution in [1.82, 2.24) is 15.2 Å². The smallest absolute Gasteiger partial charge is 0.170 e. The average molecular weight is 305 g/mol. The van der Waals surface area contributed by atoms with Crippen molar-refractivity contribution in [3.05, 3.63) is 30.1 Å². The van der Waals surface area contributed by atoms with Crippen molar-refractivity contribution < 1.29 is 4.74 Å². The summed E-state index contributed by atoms with van der Waals surface area (Å²) in [7, 11) is 1.75. The zero-order valence-corrected chi connectivity index (χ0v) is 13.4. The van der Waals surface area contributed by atoms with Crippen LogP contribution in [0.5, 0.6) is 0 Å². The Morgan fingerprint density at radius 3 is 2.86 bits per heavy atom. The molecule has 0 amide bonds. The van der Waals surface area contributed by atoms with Gasteiger partial charge in [0, 0.05) is 19.9 Å². The summed E-state index contributed by atoms with van der Waals surface area (Å²) in [6, 6.07) is 6.33. The molecule has 2 aliphatic rings. The van der Waals surface area contributed by atoms with Gasteiger partial charge in [0.2, 0.25) is 0 Å². The molecule has 2 heterocycles. The van der Waals surface area contributed by atoms with E-state index in [1.54, 1.807) is 7.11 Å². The van der Waals surface area contributed by atoms with Crippen molar-refractivity contribution in [2.45, 2.75) is 43.7 Å². The van der Waals surface area contributed by atoms with Crippen molar-refractivity contribution in [2.24, 2.45) is 0 Å². The van der Waals surface area contributed by atoms with E-state index in [0.29, 0.717) is 6.61 Å². The number of nitrogens with one attached hydrogen (secondary N) is 1. The summed E-state index contributed by atoms with van der Waals surface area (Å²) in [5, 5.41) is 4.38. The van der Waals surface area contributed by atoms with E-state index >= 15 is 0 Å². The van der Waals surface area contributed by atoms with Crippen molar-refractivity contribution in [2.75, 3.05) is 20.3 Å². The number of hydrogen-bond acceptors (Lipinski definition) is 3. The maximum Gasteiger partial charge on any atom is 0.170 e. The molecule has 3 rings (SSSR count). The van der Waals surface area contributed by atoms with Crippen LogP contribution in [-0.2, 0) is 4.74 Å². The van der Waals surface area contributed by atoms with Crippen LogP contribution in [0.3, 0.4) is 0 Å². The van der Waals surface area contributed by atoms with Gasteiger partial charge >= 0.3 is 0 Å². The van der Waals surface area contributed by atoms with Crippen LogP contribution in [-0.4, -0.2) is 40.8 Å². The van der Waals surface area contributed by atoms with E-state index < -0.39 is 0 Å². The summed E-state index contributed by atoms with van der Waals surface area (Å²) >= 11 is 5.62. The Kier molecular flexibility index (Phi) is 4.40. The predicted molar refractivity (Wildman–Crippen MR) is 87.1 cm³/mol. The molecule has 1 aromatic heterocycles. The van der Waals surface area contributed by atoms with Gasteiger partial charge in [-0.1, -0.05) is 25.3 Å². The number of nitrogens with zero attached hydrogens (tertiary/aromatic N) is 2. The van der Waals surface area contributed by atoms with Gasteiger partial charge in [-0.3, -0.25) is 4.98 Å². The van der Waals surface area contributed by atoms with Crippen LogP contribution in [0.1, 0.15) is 43.8 Å². The molecule has 1 atom stereocenters. The predicted octanol–water partition coefficient (Wildman–Crippen LogP) is 2.66. The van der Waals surface area contributed by atoms with Gasteiger partial charge < -0.3 is 15.0 Å². The molecule has 1 unspecified atom stereocenters. The Morgan fingerprint density at radius 2 is 2.19 bits per heavy atom.